The summed E-state index contributed by atoms with van der Waals surface area (Å²) in [5, 5.41) is 3.20. The Morgan fingerprint density at radius 3 is 2.53 bits per heavy atom. The van der Waals surface area contributed by atoms with Crippen molar-refractivity contribution in [3.8, 4) is 0 Å². The Morgan fingerprint density at radius 2 is 2.00 bits per heavy atom. The van der Waals surface area contributed by atoms with Gasteiger partial charge in [0.05, 0.1) is 12.4 Å². The number of hydrogen-bond acceptors (Lipinski definition) is 5. The van der Waals surface area contributed by atoms with Crippen molar-refractivity contribution in [2.75, 3.05) is 51.9 Å². The van der Waals surface area contributed by atoms with Crippen LogP contribution in [-0.2, 0) is 14.6 Å². The van der Waals surface area contributed by atoms with Gasteiger partial charge >= 0.3 is 0 Å². The van der Waals surface area contributed by atoms with Gasteiger partial charge in [0.25, 0.3) is 0 Å². The van der Waals surface area contributed by atoms with Crippen LogP contribution in [0.5, 0.6) is 0 Å². The molecule has 5 nitrogen and oxygen atoms in total. The molecule has 0 radical (unpaired) electrons. The topological polar surface area (TPSA) is 58.6 Å². The lowest BCUT2D eigenvalue weighted by Gasteiger charge is -2.29. The molecule has 1 rings (SSSR count). The molecular formula is C13H28N2O3S. The molecule has 0 heterocycles. The van der Waals surface area contributed by atoms with Gasteiger partial charge in [-0.2, -0.15) is 0 Å². The predicted octanol–water partition coefficient (Wildman–Crippen LogP) is 0.368. The summed E-state index contributed by atoms with van der Waals surface area (Å²) < 4.78 is 27.2. The Bertz CT molecular complexity index is 342. The first kappa shape index (κ1) is 16.9. The van der Waals surface area contributed by atoms with Crippen LogP contribution in [0.4, 0.5) is 0 Å². The maximum Gasteiger partial charge on any atom is 0.148 e. The lowest BCUT2D eigenvalue weighted by atomic mass is 10.2. The van der Waals surface area contributed by atoms with Crippen LogP contribution in [0.15, 0.2) is 0 Å². The summed E-state index contributed by atoms with van der Waals surface area (Å²) in [6.07, 6.45) is 3.95. The predicted molar refractivity (Wildman–Crippen MR) is 78.2 cm³/mol. The minimum Gasteiger partial charge on any atom is -0.383 e. The number of nitrogens with one attached hydrogen (secondary N) is 1. The molecule has 1 atom stereocenters. The van der Waals surface area contributed by atoms with Crippen molar-refractivity contribution < 1.29 is 13.2 Å². The van der Waals surface area contributed by atoms with Crippen molar-refractivity contribution >= 4 is 9.84 Å². The second-order valence-electron chi connectivity index (χ2n) is 5.49. The maximum atomic E-state index is 11.0. The number of sulfone groups is 1. The highest BCUT2D eigenvalue weighted by Gasteiger charge is 2.31. The van der Waals surface area contributed by atoms with Gasteiger partial charge in [0, 0.05) is 45.6 Å². The molecule has 1 fully saturated rings. The molecule has 1 saturated carbocycles. The van der Waals surface area contributed by atoms with Gasteiger partial charge in [0.15, 0.2) is 0 Å². The third kappa shape index (κ3) is 7.87. The van der Waals surface area contributed by atoms with E-state index in [1.54, 1.807) is 7.11 Å². The van der Waals surface area contributed by atoms with Gasteiger partial charge in [0.2, 0.25) is 0 Å². The van der Waals surface area contributed by atoms with Crippen LogP contribution >= 0.6 is 0 Å². The number of ether oxygens (including phenoxy) is 1. The van der Waals surface area contributed by atoms with E-state index in [-0.39, 0.29) is 5.75 Å². The SMILES string of the molecule is COCCN(CCNCCS(C)(=O)=O)C(C)C1CC1. The molecule has 1 unspecified atom stereocenters. The number of methoxy groups -OCH3 is 1. The summed E-state index contributed by atoms with van der Waals surface area (Å²) in [7, 11) is -1.13. The van der Waals surface area contributed by atoms with E-state index in [1.807, 2.05) is 0 Å². The first-order valence-electron chi connectivity index (χ1n) is 7.05. The third-order valence-corrected chi connectivity index (χ3v) is 4.63. The Balaban J connectivity index is 2.20. The Kier molecular flexibility index (Phi) is 7.28. The first-order valence-corrected chi connectivity index (χ1v) is 9.11. The van der Waals surface area contributed by atoms with Crippen LogP contribution in [0.25, 0.3) is 0 Å². The van der Waals surface area contributed by atoms with Crippen LogP contribution in [-0.4, -0.2) is 71.3 Å². The molecule has 114 valence electrons. The standard InChI is InChI=1S/C13H28N2O3S/c1-12(13-4-5-13)15(9-10-18-2)8-6-14-7-11-19(3,16)17/h12-14H,4-11H2,1-3H3. The molecule has 0 aliphatic heterocycles. The molecule has 1 aliphatic carbocycles. The Labute approximate surface area is 117 Å². The van der Waals surface area contributed by atoms with Gasteiger partial charge in [-0.1, -0.05) is 0 Å². The average Bonchev–Trinajstić information content (AvgIpc) is 3.14. The van der Waals surface area contributed by atoms with Crippen molar-refractivity contribution in [3.05, 3.63) is 0 Å². The fraction of sp³-hybridized carbons (Fsp3) is 1.00. The van der Waals surface area contributed by atoms with Gasteiger partial charge in [0.1, 0.15) is 9.84 Å². The Morgan fingerprint density at radius 1 is 1.32 bits per heavy atom. The van der Waals surface area contributed by atoms with E-state index in [0.717, 1.165) is 32.2 Å². The first-order chi connectivity index (χ1) is 8.94. The van der Waals surface area contributed by atoms with Crippen LogP contribution in [0, 0.1) is 5.92 Å². The molecule has 0 aromatic carbocycles. The van der Waals surface area contributed by atoms with E-state index < -0.39 is 9.84 Å². The van der Waals surface area contributed by atoms with Crippen LogP contribution in [0.1, 0.15) is 19.8 Å². The lowest BCUT2D eigenvalue weighted by molar-refractivity contribution is 0.117. The van der Waals surface area contributed by atoms with E-state index in [9.17, 15) is 8.42 Å². The highest BCUT2D eigenvalue weighted by molar-refractivity contribution is 7.90. The van der Waals surface area contributed by atoms with Crippen molar-refractivity contribution in [3.63, 3.8) is 0 Å². The van der Waals surface area contributed by atoms with Crippen molar-refractivity contribution in [2.45, 2.75) is 25.8 Å². The molecule has 6 heteroatoms. The lowest BCUT2D eigenvalue weighted by Crippen LogP contribution is -2.42. The van der Waals surface area contributed by atoms with E-state index in [2.05, 4.69) is 17.1 Å². The van der Waals surface area contributed by atoms with Crippen molar-refractivity contribution in [2.24, 2.45) is 5.92 Å². The quantitative estimate of drug-likeness (QED) is 0.558. The third-order valence-electron chi connectivity index (χ3n) is 3.69. The summed E-state index contributed by atoms with van der Waals surface area (Å²) in [5.74, 6) is 1.05. The molecule has 0 saturated heterocycles. The summed E-state index contributed by atoms with van der Waals surface area (Å²) in [5.41, 5.74) is 0. The summed E-state index contributed by atoms with van der Waals surface area (Å²) in [6, 6.07) is 0.604. The largest absolute Gasteiger partial charge is 0.383 e. The smallest absolute Gasteiger partial charge is 0.148 e. The second kappa shape index (κ2) is 8.19. The minimum absolute atomic E-state index is 0.212. The molecule has 0 spiro atoms. The van der Waals surface area contributed by atoms with E-state index in [0.29, 0.717) is 12.6 Å². The molecule has 0 amide bonds. The zero-order valence-corrected chi connectivity index (χ0v) is 13.2. The molecule has 19 heavy (non-hydrogen) atoms. The molecule has 0 aromatic rings. The van der Waals surface area contributed by atoms with Gasteiger partial charge in [-0.15, -0.1) is 0 Å². The van der Waals surface area contributed by atoms with Crippen LogP contribution in [0.2, 0.25) is 0 Å². The summed E-state index contributed by atoms with van der Waals surface area (Å²) in [4.78, 5) is 2.44. The Hall–Kier alpha value is -0.170. The van der Waals surface area contributed by atoms with E-state index >= 15 is 0 Å². The minimum atomic E-state index is -2.85. The molecule has 0 bridgehead atoms. The number of hydrogen-bond donors (Lipinski definition) is 1. The fourth-order valence-corrected chi connectivity index (χ4v) is 2.72. The molecule has 0 aromatic heterocycles. The zero-order valence-electron chi connectivity index (χ0n) is 12.4. The number of nitrogens with zero attached hydrogens (tertiary/aromatic N) is 1. The van der Waals surface area contributed by atoms with Crippen molar-refractivity contribution in [1.82, 2.24) is 10.2 Å². The zero-order chi connectivity index (χ0) is 14.3. The van der Waals surface area contributed by atoms with Crippen molar-refractivity contribution in [1.29, 1.82) is 0 Å². The van der Waals surface area contributed by atoms with Crippen LogP contribution < -0.4 is 5.32 Å². The average molecular weight is 292 g/mol. The van der Waals surface area contributed by atoms with Gasteiger partial charge < -0.3 is 10.1 Å². The monoisotopic (exact) mass is 292 g/mol. The molecule has 1 N–H and O–H groups in total. The summed E-state index contributed by atoms with van der Waals surface area (Å²) in [6.45, 7) is 6.29. The van der Waals surface area contributed by atoms with Gasteiger partial charge in [-0.05, 0) is 25.7 Å². The molecular weight excluding hydrogens is 264 g/mol. The van der Waals surface area contributed by atoms with E-state index in [1.165, 1.54) is 19.1 Å². The van der Waals surface area contributed by atoms with Gasteiger partial charge in [-0.3, -0.25) is 4.90 Å². The number of rotatable bonds is 11. The van der Waals surface area contributed by atoms with Gasteiger partial charge in [-0.25, -0.2) is 8.42 Å². The second-order valence-corrected chi connectivity index (χ2v) is 7.75. The maximum absolute atomic E-state index is 11.0. The summed E-state index contributed by atoms with van der Waals surface area (Å²) >= 11 is 0. The van der Waals surface area contributed by atoms with Crippen LogP contribution in [0.3, 0.4) is 0 Å². The fourth-order valence-electron chi connectivity index (χ4n) is 2.21. The highest BCUT2D eigenvalue weighted by atomic mass is 32.2. The molecule has 1 aliphatic rings. The highest BCUT2D eigenvalue weighted by Crippen LogP contribution is 2.34. The normalized spacial score (nSPS) is 17.9. The van der Waals surface area contributed by atoms with E-state index in [4.69, 9.17) is 4.74 Å².